The van der Waals surface area contributed by atoms with Crippen LogP contribution in [-0.2, 0) is 0 Å². The van der Waals surface area contributed by atoms with Crippen molar-refractivity contribution < 1.29 is 5.11 Å². The Morgan fingerprint density at radius 2 is 2.27 bits per heavy atom. The van der Waals surface area contributed by atoms with Crippen LogP contribution >= 0.6 is 0 Å². The maximum absolute atomic E-state index is 8.61. The molecule has 1 fully saturated rings. The lowest BCUT2D eigenvalue weighted by Gasteiger charge is -2.15. The van der Waals surface area contributed by atoms with Gasteiger partial charge in [-0.1, -0.05) is 13.3 Å². The standard InChI is InChI=1S/C9H19NO/c1-3-8-7-9(8)10(2)5-4-6-11/h8-9,11H,3-7H2,1-2H3. The largest absolute Gasteiger partial charge is 0.396 e. The van der Waals surface area contributed by atoms with Gasteiger partial charge in [-0.2, -0.15) is 0 Å². The molecule has 66 valence electrons. The summed E-state index contributed by atoms with van der Waals surface area (Å²) in [6.45, 7) is 3.63. The van der Waals surface area contributed by atoms with Gasteiger partial charge in [-0.15, -0.1) is 0 Å². The van der Waals surface area contributed by atoms with E-state index in [9.17, 15) is 0 Å². The lowest BCUT2D eigenvalue weighted by atomic mass is 10.3. The van der Waals surface area contributed by atoms with Crippen molar-refractivity contribution in [3.63, 3.8) is 0 Å². The molecule has 0 heterocycles. The molecule has 2 atom stereocenters. The maximum atomic E-state index is 8.61. The summed E-state index contributed by atoms with van der Waals surface area (Å²) in [5.74, 6) is 0.943. The molecule has 0 spiro atoms. The van der Waals surface area contributed by atoms with Crippen molar-refractivity contribution in [2.24, 2.45) is 5.92 Å². The van der Waals surface area contributed by atoms with E-state index in [1.54, 1.807) is 0 Å². The third-order valence-corrected chi connectivity index (χ3v) is 2.64. The summed E-state index contributed by atoms with van der Waals surface area (Å²) < 4.78 is 0. The summed E-state index contributed by atoms with van der Waals surface area (Å²) >= 11 is 0. The van der Waals surface area contributed by atoms with Crippen LogP contribution in [0.3, 0.4) is 0 Å². The molecule has 2 nitrogen and oxygen atoms in total. The molecule has 0 bridgehead atoms. The topological polar surface area (TPSA) is 23.5 Å². The van der Waals surface area contributed by atoms with Gasteiger partial charge in [-0.3, -0.25) is 0 Å². The van der Waals surface area contributed by atoms with Crippen molar-refractivity contribution in [3.8, 4) is 0 Å². The number of aliphatic hydroxyl groups is 1. The minimum Gasteiger partial charge on any atom is -0.396 e. The molecule has 1 N–H and O–H groups in total. The molecule has 1 aliphatic rings. The molecule has 0 aromatic heterocycles. The van der Waals surface area contributed by atoms with E-state index in [0.717, 1.165) is 24.9 Å². The Morgan fingerprint density at radius 3 is 2.73 bits per heavy atom. The van der Waals surface area contributed by atoms with E-state index < -0.39 is 0 Å². The molecular formula is C9H19NO. The summed E-state index contributed by atoms with van der Waals surface area (Å²) in [7, 11) is 2.16. The zero-order valence-corrected chi connectivity index (χ0v) is 7.58. The molecule has 2 heteroatoms. The zero-order valence-electron chi connectivity index (χ0n) is 7.58. The quantitative estimate of drug-likeness (QED) is 0.646. The van der Waals surface area contributed by atoms with Gasteiger partial charge >= 0.3 is 0 Å². The van der Waals surface area contributed by atoms with E-state index in [1.807, 2.05) is 0 Å². The minimum absolute atomic E-state index is 0.327. The predicted molar refractivity (Wildman–Crippen MR) is 46.5 cm³/mol. The summed E-state index contributed by atoms with van der Waals surface area (Å²) in [5.41, 5.74) is 0. The summed E-state index contributed by atoms with van der Waals surface area (Å²) in [5, 5.41) is 8.61. The Kier molecular flexibility index (Phi) is 3.34. The number of rotatable bonds is 5. The lowest BCUT2D eigenvalue weighted by molar-refractivity contribution is 0.238. The van der Waals surface area contributed by atoms with Gasteiger partial charge in [0.2, 0.25) is 0 Å². The third-order valence-electron chi connectivity index (χ3n) is 2.64. The number of hydrogen-bond acceptors (Lipinski definition) is 2. The van der Waals surface area contributed by atoms with Gasteiger partial charge in [0.05, 0.1) is 0 Å². The highest BCUT2D eigenvalue weighted by molar-refractivity contribution is 4.92. The third kappa shape index (κ3) is 2.46. The van der Waals surface area contributed by atoms with Crippen molar-refractivity contribution in [2.45, 2.75) is 32.2 Å². The fourth-order valence-corrected chi connectivity index (χ4v) is 1.70. The molecule has 0 amide bonds. The van der Waals surface area contributed by atoms with Crippen molar-refractivity contribution in [1.82, 2.24) is 4.90 Å². The Bertz CT molecular complexity index is 116. The van der Waals surface area contributed by atoms with Crippen molar-refractivity contribution in [2.75, 3.05) is 20.2 Å². The van der Waals surface area contributed by atoms with Crippen LogP contribution in [0, 0.1) is 5.92 Å². The maximum Gasteiger partial charge on any atom is 0.0443 e. The van der Waals surface area contributed by atoms with Gasteiger partial charge in [-0.25, -0.2) is 0 Å². The highest BCUT2D eigenvalue weighted by Crippen LogP contribution is 2.37. The number of hydrogen-bond donors (Lipinski definition) is 1. The summed E-state index contributed by atoms with van der Waals surface area (Å²) in [4.78, 5) is 2.38. The second-order valence-corrected chi connectivity index (χ2v) is 3.53. The zero-order chi connectivity index (χ0) is 8.27. The molecule has 0 radical (unpaired) electrons. The second kappa shape index (κ2) is 4.07. The highest BCUT2D eigenvalue weighted by atomic mass is 16.3. The van der Waals surface area contributed by atoms with Crippen LogP contribution in [0.5, 0.6) is 0 Å². The lowest BCUT2D eigenvalue weighted by Crippen LogP contribution is -2.24. The Balaban J connectivity index is 2.07. The monoisotopic (exact) mass is 157 g/mol. The van der Waals surface area contributed by atoms with Gasteiger partial charge in [0.15, 0.2) is 0 Å². The highest BCUT2D eigenvalue weighted by Gasteiger charge is 2.37. The minimum atomic E-state index is 0.327. The van der Waals surface area contributed by atoms with Gasteiger partial charge in [-0.05, 0) is 25.8 Å². The molecule has 0 aliphatic heterocycles. The molecule has 0 aromatic rings. The molecule has 1 rings (SSSR count). The average Bonchev–Trinajstić information content (AvgIpc) is 2.78. The molecular weight excluding hydrogens is 138 g/mol. The first-order valence-electron chi connectivity index (χ1n) is 4.60. The fraction of sp³-hybridized carbons (Fsp3) is 1.00. The van der Waals surface area contributed by atoms with E-state index >= 15 is 0 Å². The second-order valence-electron chi connectivity index (χ2n) is 3.53. The average molecular weight is 157 g/mol. The van der Waals surface area contributed by atoms with Gasteiger partial charge in [0.1, 0.15) is 0 Å². The van der Waals surface area contributed by atoms with E-state index in [1.165, 1.54) is 12.8 Å². The van der Waals surface area contributed by atoms with Crippen LogP contribution in [0.1, 0.15) is 26.2 Å². The first-order valence-corrected chi connectivity index (χ1v) is 4.60. The Labute approximate surface area is 69.2 Å². The van der Waals surface area contributed by atoms with Crippen LogP contribution in [0.4, 0.5) is 0 Å². The van der Waals surface area contributed by atoms with Gasteiger partial charge in [0.25, 0.3) is 0 Å². The Morgan fingerprint density at radius 1 is 1.55 bits per heavy atom. The summed E-state index contributed by atoms with van der Waals surface area (Å²) in [6.07, 6.45) is 3.61. The smallest absolute Gasteiger partial charge is 0.0443 e. The first-order chi connectivity index (χ1) is 5.29. The SMILES string of the molecule is CCC1CC1N(C)CCCO. The molecule has 2 unspecified atom stereocenters. The number of aliphatic hydroxyl groups excluding tert-OH is 1. The van der Waals surface area contributed by atoms with E-state index in [0.29, 0.717) is 6.61 Å². The van der Waals surface area contributed by atoms with Crippen LogP contribution < -0.4 is 0 Å². The van der Waals surface area contributed by atoms with Crippen molar-refractivity contribution in [1.29, 1.82) is 0 Å². The van der Waals surface area contributed by atoms with E-state index in [2.05, 4.69) is 18.9 Å². The van der Waals surface area contributed by atoms with Gasteiger partial charge in [0, 0.05) is 19.2 Å². The molecule has 1 saturated carbocycles. The van der Waals surface area contributed by atoms with E-state index in [-0.39, 0.29) is 0 Å². The van der Waals surface area contributed by atoms with Crippen LogP contribution in [0.25, 0.3) is 0 Å². The first kappa shape index (κ1) is 9.01. The Hall–Kier alpha value is -0.0800. The molecule has 0 saturated heterocycles. The molecule has 1 aliphatic carbocycles. The van der Waals surface area contributed by atoms with Crippen LogP contribution in [0.15, 0.2) is 0 Å². The predicted octanol–water partition coefficient (Wildman–Crippen LogP) is 1.10. The summed E-state index contributed by atoms with van der Waals surface area (Å²) in [6, 6.07) is 0.826. The number of nitrogens with zero attached hydrogens (tertiary/aromatic N) is 1. The van der Waals surface area contributed by atoms with Crippen molar-refractivity contribution in [3.05, 3.63) is 0 Å². The molecule has 11 heavy (non-hydrogen) atoms. The van der Waals surface area contributed by atoms with Crippen LogP contribution in [0.2, 0.25) is 0 Å². The fourth-order valence-electron chi connectivity index (χ4n) is 1.70. The normalized spacial score (nSPS) is 29.5. The van der Waals surface area contributed by atoms with Crippen LogP contribution in [-0.4, -0.2) is 36.2 Å². The van der Waals surface area contributed by atoms with Crippen molar-refractivity contribution >= 4 is 0 Å². The van der Waals surface area contributed by atoms with Gasteiger partial charge < -0.3 is 10.0 Å². The molecule has 0 aromatic carbocycles. The van der Waals surface area contributed by atoms with E-state index in [4.69, 9.17) is 5.11 Å².